The molecule has 2 atom stereocenters. The second kappa shape index (κ2) is 11.6. The van der Waals surface area contributed by atoms with Gasteiger partial charge in [0.1, 0.15) is 17.3 Å². The summed E-state index contributed by atoms with van der Waals surface area (Å²) in [7, 11) is 3.51. The van der Waals surface area contributed by atoms with E-state index in [9.17, 15) is 9.18 Å². The van der Waals surface area contributed by atoms with E-state index in [0.717, 1.165) is 34.6 Å². The number of anilines is 1. The highest BCUT2D eigenvalue weighted by molar-refractivity contribution is 6.30. The van der Waals surface area contributed by atoms with E-state index < -0.39 is 5.82 Å². The van der Waals surface area contributed by atoms with Crippen molar-refractivity contribution in [3.05, 3.63) is 82.9 Å². The highest BCUT2D eigenvalue weighted by Crippen LogP contribution is 2.32. The van der Waals surface area contributed by atoms with Crippen LogP contribution in [-0.2, 0) is 11.8 Å². The lowest BCUT2D eigenvalue weighted by atomic mass is 9.94. The van der Waals surface area contributed by atoms with Crippen LogP contribution in [0.1, 0.15) is 17.0 Å². The summed E-state index contributed by atoms with van der Waals surface area (Å²) < 4.78 is 22.6. The minimum atomic E-state index is -0.467. The van der Waals surface area contributed by atoms with Gasteiger partial charge in [0.15, 0.2) is 0 Å². The molecule has 5 rings (SSSR count). The van der Waals surface area contributed by atoms with Gasteiger partial charge in [0.2, 0.25) is 0 Å². The van der Waals surface area contributed by atoms with Crippen LogP contribution in [0.2, 0.25) is 5.02 Å². The predicted octanol–water partition coefficient (Wildman–Crippen LogP) is 4.61. The van der Waals surface area contributed by atoms with Gasteiger partial charge in [-0.1, -0.05) is 35.9 Å². The van der Waals surface area contributed by atoms with Crippen LogP contribution in [0.25, 0.3) is 16.9 Å². The number of halogens is 2. The number of urea groups is 1. The largest absolute Gasteiger partial charge is 0.383 e. The number of methoxy groups -OCH3 is 1. The molecule has 0 radical (unpaired) electrons. The summed E-state index contributed by atoms with van der Waals surface area (Å²) in [4.78, 5) is 15.7. The van der Waals surface area contributed by atoms with Gasteiger partial charge in [-0.15, -0.1) is 0 Å². The van der Waals surface area contributed by atoms with Crippen LogP contribution in [0, 0.1) is 12.7 Å². The molecule has 1 saturated heterocycles. The molecule has 1 aliphatic heterocycles. The number of likely N-dealkylation sites (tertiary alicyclic amines) is 1. The molecule has 2 amide bonds. The number of hydrogen-bond acceptors (Lipinski definition) is 5. The third kappa shape index (κ3) is 5.83. The molecule has 2 aromatic heterocycles. The van der Waals surface area contributed by atoms with Gasteiger partial charge in [-0.05, 0) is 36.8 Å². The van der Waals surface area contributed by atoms with Crippen molar-refractivity contribution in [2.75, 3.05) is 38.7 Å². The fourth-order valence-electron chi connectivity index (χ4n) is 5.04. The average Bonchev–Trinajstić information content (AvgIpc) is 3.62. The number of ether oxygens (including phenoxy) is 1. The van der Waals surface area contributed by atoms with Crippen LogP contribution >= 0.6 is 11.6 Å². The van der Waals surface area contributed by atoms with Gasteiger partial charge in [0.25, 0.3) is 0 Å². The second-order valence-electron chi connectivity index (χ2n) is 9.71. The first-order valence-corrected chi connectivity index (χ1v) is 13.1. The quantitative estimate of drug-likeness (QED) is 0.334. The first kappa shape index (κ1) is 26.9. The van der Waals surface area contributed by atoms with Crippen LogP contribution < -0.4 is 10.6 Å². The summed E-state index contributed by atoms with van der Waals surface area (Å²) in [5.41, 5.74) is 4.09. The number of carbonyl (C=O) groups is 1. The van der Waals surface area contributed by atoms with E-state index in [2.05, 4.69) is 20.6 Å². The molecule has 9 nitrogen and oxygen atoms in total. The van der Waals surface area contributed by atoms with Gasteiger partial charge in [0, 0.05) is 57.0 Å². The fourth-order valence-corrected chi connectivity index (χ4v) is 5.23. The number of carbonyl (C=O) groups excluding carboxylic acids is 1. The molecule has 3 heterocycles. The zero-order chi connectivity index (χ0) is 27.5. The Morgan fingerprint density at radius 1 is 1.21 bits per heavy atom. The first-order valence-electron chi connectivity index (χ1n) is 12.7. The number of amides is 2. The van der Waals surface area contributed by atoms with Crippen LogP contribution in [0.3, 0.4) is 0 Å². The van der Waals surface area contributed by atoms with E-state index >= 15 is 0 Å². The lowest BCUT2D eigenvalue weighted by Gasteiger charge is -2.21. The zero-order valence-electron chi connectivity index (χ0n) is 22.1. The van der Waals surface area contributed by atoms with Crippen molar-refractivity contribution in [2.45, 2.75) is 18.9 Å². The van der Waals surface area contributed by atoms with Crippen molar-refractivity contribution in [3.8, 4) is 16.9 Å². The van der Waals surface area contributed by atoms with Gasteiger partial charge in [-0.2, -0.15) is 10.2 Å². The van der Waals surface area contributed by atoms with Crippen molar-refractivity contribution in [3.63, 3.8) is 0 Å². The van der Waals surface area contributed by atoms with E-state index in [1.54, 1.807) is 34.8 Å². The Morgan fingerprint density at radius 3 is 2.69 bits per heavy atom. The van der Waals surface area contributed by atoms with E-state index in [4.69, 9.17) is 21.4 Å². The smallest absolute Gasteiger partial charge is 0.320 e. The Morgan fingerprint density at radius 2 is 2.00 bits per heavy atom. The highest BCUT2D eigenvalue weighted by atomic mass is 35.5. The summed E-state index contributed by atoms with van der Waals surface area (Å²) in [6.45, 7) is 4.52. The zero-order valence-corrected chi connectivity index (χ0v) is 22.8. The van der Waals surface area contributed by atoms with E-state index in [1.807, 2.05) is 50.5 Å². The Labute approximate surface area is 231 Å². The third-order valence-corrected chi connectivity index (χ3v) is 7.32. The minimum Gasteiger partial charge on any atom is -0.383 e. The third-order valence-electron chi connectivity index (χ3n) is 7.03. The Balaban J connectivity index is 1.42. The molecule has 0 aliphatic carbocycles. The van der Waals surface area contributed by atoms with Crippen molar-refractivity contribution in [1.82, 2.24) is 29.8 Å². The molecule has 0 unspecified atom stereocenters. The molecule has 0 bridgehead atoms. The van der Waals surface area contributed by atoms with E-state index in [0.29, 0.717) is 25.5 Å². The summed E-state index contributed by atoms with van der Waals surface area (Å²) >= 11 is 6.10. The van der Waals surface area contributed by atoms with E-state index in [-0.39, 0.29) is 23.0 Å². The summed E-state index contributed by atoms with van der Waals surface area (Å²) in [5.74, 6) is 0.0240. The molecule has 4 aromatic rings. The molecular weight excluding hydrogens is 521 g/mol. The summed E-state index contributed by atoms with van der Waals surface area (Å²) in [6, 6.07) is 13.8. The van der Waals surface area contributed by atoms with E-state index in [1.165, 1.54) is 6.07 Å². The maximum atomic E-state index is 13.9. The van der Waals surface area contributed by atoms with Crippen LogP contribution in [0.4, 0.5) is 15.0 Å². The van der Waals surface area contributed by atoms with Gasteiger partial charge in [0.05, 0.1) is 29.6 Å². The number of aromatic nitrogens is 4. The van der Waals surface area contributed by atoms with Crippen molar-refractivity contribution < 1.29 is 13.9 Å². The molecule has 0 saturated carbocycles. The molecule has 11 heteroatoms. The number of nitrogens with zero attached hydrogens (tertiary/aromatic N) is 5. The lowest BCUT2D eigenvalue weighted by Crippen LogP contribution is -2.42. The molecule has 39 heavy (non-hydrogen) atoms. The fraction of sp³-hybridized carbons (Fsp3) is 0.321. The number of nitrogens with one attached hydrogen (secondary N) is 2. The van der Waals surface area contributed by atoms with Crippen molar-refractivity contribution in [1.29, 1.82) is 0 Å². The monoisotopic (exact) mass is 551 g/mol. The SMILES string of the molecule is COCCN1C[C@H](NC(=O)Nc2c(C)c(-c3cnn(C)c3)nn2-c2ccccc2)[C@@H](c2ccc(F)c(Cl)c2)C1. The number of hydrogen-bond donors (Lipinski definition) is 2. The minimum absolute atomic E-state index is 0.0661. The Hall–Kier alpha value is -3.73. The Kier molecular flexibility index (Phi) is 7.97. The maximum Gasteiger partial charge on any atom is 0.320 e. The predicted molar refractivity (Wildman–Crippen MR) is 149 cm³/mol. The normalized spacial score (nSPS) is 17.5. The molecule has 1 fully saturated rings. The molecule has 2 N–H and O–H groups in total. The van der Waals surface area contributed by atoms with Gasteiger partial charge >= 0.3 is 6.03 Å². The average molecular weight is 552 g/mol. The van der Waals surface area contributed by atoms with Gasteiger partial charge in [-0.3, -0.25) is 14.9 Å². The van der Waals surface area contributed by atoms with Gasteiger partial charge in [-0.25, -0.2) is 13.9 Å². The van der Waals surface area contributed by atoms with Crippen molar-refractivity contribution >= 4 is 23.4 Å². The van der Waals surface area contributed by atoms with Gasteiger partial charge < -0.3 is 10.1 Å². The number of aryl methyl sites for hydroxylation is 1. The second-order valence-corrected chi connectivity index (χ2v) is 10.1. The number of rotatable bonds is 8. The highest BCUT2D eigenvalue weighted by Gasteiger charge is 2.35. The molecule has 1 aliphatic rings. The summed E-state index contributed by atoms with van der Waals surface area (Å²) in [6.07, 6.45) is 3.64. The molecular formula is C28H31ClFN7O2. The first-order chi connectivity index (χ1) is 18.8. The lowest BCUT2D eigenvalue weighted by molar-refractivity contribution is 0.159. The van der Waals surface area contributed by atoms with Crippen LogP contribution in [0.5, 0.6) is 0 Å². The Bertz CT molecular complexity index is 1460. The van der Waals surface area contributed by atoms with Crippen LogP contribution in [0.15, 0.2) is 60.9 Å². The standard InChI is InChI=1S/C28H31ClFN7O2/c1-18-26(20-14-31-35(2)15-20)34-37(21-7-5-4-6-8-21)27(18)33-28(38)32-25-17-36(11-12-39-3)16-22(25)19-9-10-24(30)23(29)13-19/h4-10,13-15,22,25H,11-12,16-17H2,1-3H3,(H2,32,33,38)/t22-,25+/m1/s1. The number of para-hydroxylation sites is 1. The topological polar surface area (TPSA) is 89.2 Å². The molecule has 204 valence electrons. The van der Waals surface area contributed by atoms with Crippen LogP contribution in [-0.4, -0.2) is 69.9 Å². The summed E-state index contributed by atoms with van der Waals surface area (Å²) in [5, 5.41) is 15.4. The van der Waals surface area contributed by atoms with Crippen molar-refractivity contribution in [2.24, 2.45) is 7.05 Å². The molecule has 2 aromatic carbocycles. The maximum absolute atomic E-state index is 13.9. The molecule has 0 spiro atoms. The number of benzene rings is 2.